The van der Waals surface area contributed by atoms with E-state index >= 15 is 0 Å². The van der Waals surface area contributed by atoms with E-state index in [1.54, 1.807) is 0 Å². The number of para-hydroxylation sites is 2. The highest BCUT2D eigenvalue weighted by molar-refractivity contribution is 6.51. The van der Waals surface area contributed by atoms with Gasteiger partial charge in [-0.25, -0.2) is 0 Å². The van der Waals surface area contributed by atoms with Crippen LogP contribution >= 0.6 is 0 Å². The van der Waals surface area contributed by atoms with Gasteiger partial charge in [-0.05, 0) is 73.9 Å². The highest BCUT2D eigenvalue weighted by Gasteiger charge is 2.52. The van der Waals surface area contributed by atoms with Crippen LogP contribution in [0.5, 0.6) is 0 Å². The fraction of sp³-hybridized carbons (Fsp3) is 0.125. The van der Waals surface area contributed by atoms with Gasteiger partial charge in [-0.3, -0.25) is 9.59 Å². The van der Waals surface area contributed by atoms with Crippen molar-refractivity contribution in [1.82, 2.24) is 9.14 Å². The number of carbonyl (C=O) groups is 2. The van der Waals surface area contributed by atoms with E-state index < -0.39 is 5.92 Å². The number of hydrogen-bond acceptors (Lipinski definition) is 2. The first-order valence-electron chi connectivity index (χ1n) is 15.1. The van der Waals surface area contributed by atoms with Crippen LogP contribution in [0.15, 0.2) is 115 Å². The van der Waals surface area contributed by atoms with Crippen LogP contribution in [0.25, 0.3) is 34.3 Å². The quantitative estimate of drug-likeness (QED) is 0.0911. The van der Waals surface area contributed by atoms with E-state index in [-0.39, 0.29) is 11.6 Å². The molecular formula is C40H33N2O2+. The highest BCUT2D eigenvalue weighted by atomic mass is 16.2. The number of aromatic nitrogens is 1. The van der Waals surface area contributed by atoms with Gasteiger partial charge in [-0.2, -0.15) is 4.58 Å². The molecule has 4 heteroatoms. The molecule has 4 aromatic carbocycles. The maximum atomic E-state index is 14.2. The summed E-state index contributed by atoms with van der Waals surface area (Å²) < 4.78 is 4.32. The Morgan fingerprint density at radius 2 is 1.27 bits per heavy atom. The highest BCUT2D eigenvalue weighted by Crippen LogP contribution is 2.47. The average molecular weight is 574 g/mol. The normalized spacial score (nSPS) is 16.6. The largest absolute Gasteiger partial charge is 0.314 e. The minimum Gasteiger partial charge on any atom is -0.314 e. The Labute approximate surface area is 257 Å². The summed E-state index contributed by atoms with van der Waals surface area (Å²) in [5, 5.41) is 0.939. The number of benzene rings is 4. The Hall–Kier alpha value is -5.35. The molecule has 0 N–H and O–H groups in total. The fourth-order valence-corrected chi connectivity index (χ4v) is 6.92. The molecule has 4 nitrogen and oxygen atoms in total. The summed E-state index contributed by atoms with van der Waals surface area (Å²) in [5.74, 6) is -1.04. The average Bonchev–Trinajstić information content (AvgIpc) is 3.49. The van der Waals surface area contributed by atoms with Crippen LogP contribution in [0.1, 0.15) is 54.6 Å². The molecule has 2 heterocycles. The predicted molar refractivity (Wildman–Crippen MR) is 182 cm³/mol. The molecule has 1 fully saturated rings. The molecule has 1 saturated carbocycles. The lowest BCUT2D eigenvalue weighted by atomic mass is 9.69. The van der Waals surface area contributed by atoms with Crippen LogP contribution in [-0.2, 0) is 9.59 Å². The molecule has 5 aromatic rings. The van der Waals surface area contributed by atoms with Crippen LogP contribution in [0.2, 0.25) is 0 Å². The first kappa shape index (κ1) is 27.5. The maximum absolute atomic E-state index is 14.2. The first-order valence-corrected chi connectivity index (χ1v) is 15.1. The Kier molecular flexibility index (Phi) is 6.70. The van der Waals surface area contributed by atoms with E-state index in [2.05, 4.69) is 82.0 Å². The lowest BCUT2D eigenvalue weighted by Crippen LogP contribution is -2.40. The van der Waals surface area contributed by atoms with Gasteiger partial charge in [-0.15, -0.1) is 0 Å². The second kappa shape index (κ2) is 10.7. The molecule has 0 radical (unpaired) electrons. The van der Waals surface area contributed by atoms with Crippen LogP contribution in [0, 0.1) is 6.92 Å². The minimum absolute atomic E-state index is 0.112. The number of nitrogens with zero attached hydrogens (tertiary/aromatic N) is 2. The molecule has 0 unspecified atom stereocenters. The van der Waals surface area contributed by atoms with E-state index in [1.807, 2.05) is 76.2 Å². The molecular weight excluding hydrogens is 540 g/mol. The van der Waals surface area contributed by atoms with Crippen molar-refractivity contribution in [2.24, 2.45) is 0 Å². The number of carbonyl (C=O) groups excluding carboxylic acids is 2. The molecule has 1 aliphatic heterocycles. The van der Waals surface area contributed by atoms with Crippen LogP contribution in [-0.4, -0.2) is 21.8 Å². The Morgan fingerprint density at radius 3 is 1.93 bits per heavy atom. The number of fused-ring (bicyclic) bond motifs is 2. The van der Waals surface area contributed by atoms with Crippen molar-refractivity contribution >= 4 is 57.3 Å². The van der Waals surface area contributed by atoms with Gasteiger partial charge >= 0.3 is 0 Å². The first-order chi connectivity index (χ1) is 21.4. The van der Waals surface area contributed by atoms with E-state index in [1.165, 1.54) is 0 Å². The summed E-state index contributed by atoms with van der Waals surface area (Å²) in [6.45, 7) is 8.03. The Bertz CT molecular complexity index is 2100. The van der Waals surface area contributed by atoms with E-state index in [9.17, 15) is 9.59 Å². The van der Waals surface area contributed by atoms with Crippen molar-refractivity contribution in [2.75, 3.05) is 0 Å². The SMILES string of the molecule is CC=Cc1ccc(-n2c(C)c(C3C(=O)C(=C4C(C)=[N+](c5ccc(C=CC)cc5)c5ccccc54)C3=O)c3ccccc32)cc1. The smallest absolute Gasteiger partial charge is 0.219 e. The van der Waals surface area contributed by atoms with Crippen LogP contribution in [0.3, 0.4) is 0 Å². The lowest BCUT2D eigenvalue weighted by Gasteiger charge is -2.28. The second-order valence-corrected chi connectivity index (χ2v) is 11.4. The van der Waals surface area contributed by atoms with Crippen molar-refractivity contribution in [1.29, 1.82) is 0 Å². The van der Waals surface area contributed by atoms with Crippen LogP contribution in [0.4, 0.5) is 11.4 Å². The molecule has 214 valence electrons. The van der Waals surface area contributed by atoms with Gasteiger partial charge in [0.25, 0.3) is 0 Å². The maximum Gasteiger partial charge on any atom is 0.219 e. The third-order valence-electron chi connectivity index (χ3n) is 8.85. The van der Waals surface area contributed by atoms with Gasteiger partial charge < -0.3 is 4.57 Å². The summed E-state index contributed by atoms with van der Waals surface area (Å²) >= 11 is 0. The minimum atomic E-state index is -0.819. The molecule has 2 aliphatic rings. The third-order valence-corrected chi connectivity index (χ3v) is 8.85. The number of hydrogen-bond donors (Lipinski definition) is 0. The lowest BCUT2D eigenvalue weighted by molar-refractivity contribution is -0.133. The van der Waals surface area contributed by atoms with Crippen LogP contribution < -0.4 is 4.58 Å². The van der Waals surface area contributed by atoms with Gasteiger partial charge in [0.2, 0.25) is 11.4 Å². The van der Waals surface area contributed by atoms with Gasteiger partial charge in [0.1, 0.15) is 5.92 Å². The van der Waals surface area contributed by atoms with Gasteiger partial charge in [0, 0.05) is 41.9 Å². The predicted octanol–water partition coefficient (Wildman–Crippen LogP) is 9.00. The zero-order chi connectivity index (χ0) is 30.5. The van der Waals surface area contributed by atoms with Crippen molar-refractivity contribution in [2.45, 2.75) is 33.6 Å². The molecule has 0 amide bonds. The standard InChI is InChI=1S/C40H33N2O2/c1-5-11-27-17-21-29(22-18-27)41-25(3)35(31-13-7-9-15-33(31)41)37-39(43)38(40(37)44)36-26(4)42(34-16-10-8-14-32(34)36)30-23-19-28(12-6-2)20-24-30/h5-24,37H,1-4H3/q+1. The monoisotopic (exact) mass is 573 g/mol. The molecule has 0 atom stereocenters. The van der Waals surface area contributed by atoms with E-state index in [0.29, 0.717) is 5.57 Å². The Morgan fingerprint density at radius 1 is 0.682 bits per heavy atom. The summed E-state index contributed by atoms with van der Waals surface area (Å²) in [6, 6.07) is 32.8. The summed E-state index contributed by atoms with van der Waals surface area (Å²) in [7, 11) is 0. The zero-order valence-electron chi connectivity index (χ0n) is 25.3. The van der Waals surface area contributed by atoms with Gasteiger partial charge in [0.05, 0.1) is 22.2 Å². The zero-order valence-corrected chi connectivity index (χ0v) is 25.3. The van der Waals surface area contributed by atoms with Crippen molar-refractivity contribution < 1.29 is 9.59 Å². The molecule has 1 aromatic heterocycles. The van der Waals surface area contributed by atoms with Crippen molar-refractivity contribution in [3.63, 3.8) is 0 Å². The molecule has 0 saturated heterocycles. The number of allylic oxidation sites excluding steroid dienone is 4. The van der Waals surface area contributed by atoms with Gasteiger partial charge in [-0.1, -0.05) is 66.8 Å². The molecule has 1 aliphatic carbocycles. The van der Waals surface area contributed by atoms with Gasteiger partial charge in [0.15, 0.2) is 17.3 Å². The van der Waals surface area contributed by atoms with Crippen molar-refractivity contribution in [3.05, 3.63) is 143 Å². The van der Waals surface area contributed by atoms with Crippen molar-refractivity contribution in [3.8, 4) is 5.69 Å². The molecule has 44 heavy (non-hydrogen) atoms. The second-order valence-electron chi connectivity index (χ2n) is 11.4. The number of rotatable bonds is 5. The molecule has 0 spiro atoms. The summed E-state index contributed by atoms with van der Waals surface area (Å²) in [5.41, 5.74) is 10.8. The summed E-state index contributed by atoms with van der Waals surface area (Å²) in [6.07, 6.45) is 8.17. The van der Waals surface area contributed by atoms with E-state index in [0.717, 1.165) is 67.2 Å². The van der Waals surface area contributed by atoms with E-state index in [4.69, 9.17) is 0 Å². The number of Topliss-reactive ketones (excluding diaryl/α,β-unsaturated/α-hetero) is 2. The fourth-order valence-electron chi connectivity index (χ4n) is 6.92. The molecule has 0 bridgehead atoms. The molecule has 7 rings (SSSR count). The topological polar surface area (TPSA) is 42.1 Å². The third kappa shape index (κ3) is 4.10. The number of ketones is 2. The Balaban J connectivity index is 1.35. The summed E-state index contributed by atoms with van der Waals surface area (Å²) in [4.78, 5) is 28.4.